The summed E-state index contributed by atoms with van der Waals surface area (Å²) in [6.07, 6.45) is 2.60. The van der Waals surface area contributed by atoms with E-state index in [9.17, 15) is 4.79 Å². The SMILES string of the molecule is CCc1cccc(CC)c1-n1nc2c(c1-c1ccc(NC(N)=O)c(F)c1)CN(CC(C)(C)C)CC2. The number of carbonyl (C=O) groups is 1. The van der Waals surface area contributed by atoms with E-state index in [1.165, 1.54) is 17.2 Å². The number of nitrogens with one attached hydrogen (secondary N) is 1. The number of amides is 2. The molecule has 0 unspecified atom stereocenters. The number of carbonyl (C=O) groups excluding carboxylic acids is 1. The lowest BCUT2D eigenvalue weighted by atomic mass is 9.93. The van der Waals surface area contributed by atoms with Crippen molar-refractivity contribution in [2.75, 3.05) is 18.4 Å². The number of nitrogens with two attached hydrogens (primary N) is 1. The van der Waals surface area contributed by atoms with Crippen LogP contribution in [-0.4, -0.2) is 33.8 Å². The Kier molecular flexibility index (Phi) is 6.99. The Morgan fingerprint density at radius 1 is 1.14 bits per heavy atom. The van der Waals surface area contributed by atoms with Gasteiger partial charge in [-0.25, -0.2) is 13.9 Å². The lowest BCUT2D eigenvalue weighted by molar-refractivity contribution is 0.176. The fraction of sp³-hybridized carbons (Fsp3) is 0.429. The Morgan fingerprint density at radius 2 is 1.83 bits per heavy atom. The molecule has 2 amide bonds. The van der Waals surface area contributed by atoms with Crippen molar-refractivity contribution in [3.63, 3.8) is 0 Å². The number of halogens is 1. The summed E-state index contributed by atoms with van der Waals surface area (Å²) < 4.78 is 17.1. The van der Waals surface area contributed by atoms with Gasteiger partial charge < -0.3 is 11.1 Å². The summed E-state index contributed by atoms with van der Waals surface area (Å²) in [5.74, 6) is -0.523. The topological polar surface area (TPSA) is 76.2 Å². The molecule has 7 heteroatoms. The van der Waals surface area contributed by atoms with Crippen LogP contribution < -0.4 is 11.1 Å². The van der Waals surface area contributed by atoms with Crippen LogP contribution in [0.15, 0.2) is 36.4 Å². The third-order valence-corrected chi connectivity index (χ3v) is 6.49. The maximum absolute atomic E-state index is 15.0. The molecule has 3 N–H and O–H groups in total. The van der Waals surface area contributed by atoms with Gasteiger partial charge in [0.1, 0.15) is 5.82 Å². The molecule has 2 heterocycles. The zero-order valence-corrected chi connectivity index (χ0v) is 21.4. The highest BCUT2D eigenvalue weighted by atomic mass is 19.1. The Hall–Kier alpha value is -3.19. The number of anilines is 1. The molecule has 2 aromatic carbocycles. The Bertz CT molecular complexity index is 1220. The second kappa shape index (κ2) is 9.82. The van der Waals surface area contributed by atoms with Crippen LogP contribution in [0.25, 0.3) is 16.9 Å². The van der Waals surface area contributed by atoms with E-state index in [-0.39, 0.29) is 11.1 Å². The minimum atomic E-state index is -0.790. The molecule has 0 saturated carbocycles. The van der Waals surface area contributed by atoms with Crippen molar-refractivity contribution < 1.29 is 9.18 Å². The number of hydrogen-bond acceptors (Lipinski definition) is 3. The van der Waals surface area contributed by atoms with Gasteiger partial charge in [-0.2, -0.15) is 5.10 Å². The molecule has 1 aromatic heterocycles. The van der Waals surface area contributed by atoms with Gasteiger partial charge in [0.15, 0.2) is 0 Å². The number of aryl methyl sites for hydroxylation is 2. The molecule has 1 aliphatic heterocycles. The Labute approximate surface area is 207 Å². The first-order valence-corrected chi connectivity index (χ1v) is 12.4. The number of urea groups is 1. The van der Waals surface area contributed by atoms with Crippen LogP contribution in [0.3, 0.4) is 0 Å². The fourth-order valence-electron chi connectivity index (χ4n) is 5.08. The summed E-state index contributed by atoms with van der Waals surface area (Å²) in [5, 5.41) is 7.48. The van der Waals surface area contributed by atoms with E-state index < -0.39 is 11.8 Å². The molecular formula is C28H36FN5O. The van der Waals surface area contributed by atoms with Crippen molar-refractivity contribution >= 4 is 11.7 Å². The average molecular weight is 478 g/mol. The standard InChI is InChI=1S/C28H36FN5O/c1-6-18-9-8-10-19(7-2)25(18)34-26(20-11-12-24(22(29)15-20)31-27(30)35)21-16-33(17-28(3,4)5)14-13-23(21)32-34/h8-12,15H,6-7,13-14,16-17H2,1-5H3,(H3,30,31,35). The Balaban J connectivity index is 1.92. The lowest BCUT2D eigenvalue weighted by Gasteiger charge is -2.32. The van der Waals surface area contributed by atoms with Gasteiger partial charge in [0.05, 0.1) is 22.8 Å². The van der Waals surface area contributed by atoms with Crippen LogP contribution in [-0.2, 0) is 25.8 Å². The van der Waals surface area contributed by atoms with Gasteiger partial charge in [0.25, 0.3) is 0 Å². The predicted octanol–water partition coefficient (Wildman–Crippen LogP) is 5.70. The van der Waals surface area contributed by atoms with Crippen LogP contribution in [0, 0.1) is 11.2 Å². The number of primary amides is 1. The van der Waals surface area contributed by atoms with Gasteiger partial charge in [0, 0.05) is 37.2 Å². The van der Waals surface area contributed by atoms with Crippen LogP contribution >= 0.6 is 0 Å². The molecule has 186 valence electrons. The van der Waals surface area contributed by atoms with E-state index in [2.05, 4.69) is 63.0 Å². The third-order valence-electron chi connectivity index (χ3n) is 6.49. The lowest BCUT2D eigenvalue weighted by Crippen LogP contribution is -2.36. The second-order valence-corrected chi connectivity index (χ2v) is 10.5. The van der Waals surface area contributed by atoms with Gasteiger partial charge in [-0.15, -0.1) is 0 Å². The highest BCUT2D eigenvalue weighted by Crippen LogP contribution is 2.36. The number of para-hydroxylation sites is 1. The first-order chi connectivity index (χ1) is 16.6. The molecule has 0 aliphatic carbocycles. The predicted molar refractivity (Wildman–Crippen MR) is 139 cm³/mol. The molecule has 0 radical (unpaired) electrons. The minimum Gasteiger partial charge on any atom is -0.351 e. The monoisotopic (exact) mass is 477 g/mol. The second-order valence-electron chi connectivity index (χ2n) is 10.5. The molecule has 0 atom stereocenters. The smallest absolute Gasteiger partial charge is 0.316 e. The number of nitrogens with zero attached hydrogens (tertiary/aromatic N) is 3. The van der Waals surface area contributed by atoms with E-state index in [1.807, 2.05) is 10.7 Å². The van der Waals surface area contributed by atoms with Gasteiger partial charge in [-0.05, 0) is 41.5 Å². The van der Waals surface area contributed by atoms with E-state index in [1.54, 1.807) is 6.07 Å². The van der Waals surface area contributed by atoms with E-state index in [4.69, 9.17) is 10.8 Å². The molecule has 0 fully saturated rings. The fourth-order valence-corrected chi connectivity index (χ4v) is 5.08. The van der Waals surface area contributed by atoms with Crippen molar-refractivity contribution in [2.45, 2.75) is 60.4 Å². The van der Waals surface area contributed by atoms with E-state index >= 15 is 4.39 Å². The quantitative estimate of drug-likeness (QED) is 0.478. The first-order valence-electron chi connectivity index (χ1n) is 12.4. The number of benzene rings is 2. The van der Waals surface area contributed by atoms with Crippen molar-refractivity contribution in [1.82, 2.24) is 14.7 Å². The zero-order chi connectivity index (χ0) is 25.3. The summed E-state index contributed by atoms with van der Waals surface area (Å²) >= 11 is 0. The maximum Gasteiger partial charge on any atom is 0.316 e. The first kappa shape index (κ1) is 24.9. The molecule has 1 aliphatic rings. The van der Waals surface area contributed by atoms with Crippen LogP contribution in [0.5, 0.6) is 0 Å². The van der Waals surface area contributed by atoms with E-state index in [0.29, 0.717) is 0 Å². The highest BCUT2D eigenvalue weighted by molar-refractivity contribution is 5.88. The molecular weight excluding hydrogens is 441 g/mol. The summed E-state index contributed by atoms with van der Waals surface area (Å²) in [6.45, 7) is 13.7. The molecule has 6 nitrogen and oxygen atoms in total. The van der Waals surface area contributed by atoms with Crippen molar-refractivity contribution in [3.8, 4) is 16.9 Å². The Morgan fingerprint density at radius 3 is 2.40 bits per heavy atom. The zero-order valence-electron chi connectivity index (χ0n) is 21.4. The number of rotatable bonds is 6. The largest absolute Gasteiger partial charge is 0.351 e. The van der Waals surface area contributed by atoms with Gasteiger partial charge in [-0.3, -0.25) is 4.90 Å². The van der Waals surface area contributed by atoms with Gasteiger partial charge >= 0.3 is 6.03 Å². The molecule has 0 spiro atoms. The van der Waals surface area contributed by atoms with Crippen LogP contribution in [0.1, 0.15) is 57.0 Å². The van der Waals surface area contributed by atoms with Gasteiger partial charge in [-0.1, -0.05) is 58.9 Å². The highest BCUT2D eigenvalue weighted by Gasteiger charge is 2.29. The summed E-state index contributed by atoms with van der Waals surface area (Å²) in [6, 6.07) is 10.5. The van der Waals surface area contributed by atoms with Crippen LogP contribution in [0.2, 0.25) is 0 Å². The van der Waals surface area contributed by atoms with Crippen molar-refractivity contribution in [1.29, 1.82) is 0 Å². The molecule has 0 saturated heterocycles. The summed E-state index contributed by atoms with van der Waals surface area (Å²) in [7, 11) is 0. The van der Waals surface area contributed by atoms with Gasteiger partial charge in [0.2, 0.25) is 0 Å². The summed E-state index contributed by atoms with van der Waals surface area (Å²) in [5.41, 5.74) is 12.8. The number of hydrogen-bond donors (Lipinski definition) is 2. The van der Waals surface area contributed by atoms with E-state index in [0.717, 1.165) is 67.1 Å². The van der Waals surface area contributed by atoms with Crippen molar-refractivity contribution in [3.05, 3.63) is 64.6 Å². The molecule has 4 rings (SSSR count). The minimum absolute atomic E-state index is 0.0683. The number of fused-ring (bicyclic) bond motifs is 1. The molecule has 0 bridgehead atoms. The normalized spacial score (nSPS) is 14.1. The third kappa shape index (κ3) is 5.25. The maximum atomic E-state index is 15.0. The number of aromatic nitrogens is 2. The van der Waals surface area contributed by atoms with Crippen LogP contribution in [0.4, 0.5) is 14.9 Å². The molecule has 35 heavy (non-hydrogen) atoms. The summed E-state index contributed by atoms with van der Waals surface area (Å²) in [4.78, 5) is 13.7. The van der Waals surface area contributed by atoms with Crippen molar-refractivity contribution in [2.24, 2.45) is 11.1 Å². The molecule has 3 aromatic rings. The average Bonchev–Trinajstić information content (AvgIpc) is 3.16.